The van der Waals surface area contributed by atoms with E-state index < -0.39 is 18.4 Å². The fourth-order valence-corrected chi connectivity index (χ4v) is 1.75. The predicted molar refractivity (Wildman–Crippen MR) is 57.4 cm³/mol. The van der Waals surface area contributed by atoms with Crippen LogP contribution in [-0.4, -0.2) is 33.5 Å². The van der Waals surface area contributed by atoms with E-state index in [1.165, 1.54) is 17.5 Å². The first kappa shape index (κ1) is 10.5. The molecule has 0 saturated heterocycles. The maximum absolute atomic E-state index is 11.5. The molecule has 2 aromatic heterocycles. The van der Waals surface area contributed by atoms with Crippen LogP contribution in [0.15, 0.2) is 17.8 Å². The quantitative estimate of drug-likeness (QED) is 0.811. The lowest BCUT2D eigenvalue weighted by atomic mass is 10.2. The van der Waals surface area contributed by atoms with Gasteiger partial charge in [-0.3, -0.25) is 9.59 Å². The fraction of sp³-hybridized carbons (Fsp3) is 0.111. The Morgan fingerprint density at radius 1 is 1.44 bits per heavy atom. The average Bonchev–Trinajstić information content (AvgIpc) is 2.72. The molecule has 2 heterocycles. The van der Waals surface area contributed by atoms with Gasteiger partial charge < -0.3 is 10.4 Å². The van der Waals surface area contributed by atoms with E-state index in [-0.39, 0.29) is 0 Å². The van der Waals surface area contributed by atoms with E-state index in [4.69, 9.17) is 5.11 Å². The highest BCUT2D eigenvalue weighted by Crippen LogP contribution is 2.15. The summed E-state index contributed by atoms with van der Waals surface area (Å²) in [6.45, 7) is -0.409. The van der Waals surface area contributed by atoms with Crippen LogP contribution < -0.4 is 5.32 Å². The third-order valence-electron chi connectivity index (χ3n) is 1.85. The summed E-state index contributed by atoms with van der Waals surface area (Å²) in [7, 11) is 0. The molecule has 0 aliphatic carbocycles. The summed E-state index contributed by atoms with van der Waals surface area (Å²) in [6, 6.07) is 1.58. The number of carbonyl (C=O) groups excluding carboxylic acids is 1. The van der Waals surface area contributed by atoms with Crippen LogP contribution in [-0.2, 0) is 4.79 Å². The second kappa shape index (κ2) is 4.23. The van der Waals surface area contributed by atoms with Gasteiger partial charge in [0.15, 0.2) is 0 Å². The van der Waals surface area contributed by atoms with Crippen LogP contribution in [0.1, 0.15) is 10.4 Å². The predicted octanol–water partition coefficient (Wildman–Crippen LogP) is 0.506. The number of aliphatic carboxylic acids is 1. The van der Waals surface area contributed by atoms with Crippen molar-refractivity contribution in [1.29, 1.82) is 0 Å². The molecule has 7 heteroatoms. The van der Waals surface area contributed by atoms with E-state index in [0.29, 0.717) is 11.1 Å². The van der Waals surface area contributed by atoms with Crippen LogP contribution in [0.4, 0.5) is 0 Å². The number of carboxylic acids is 1. The van der Waals surface area contributed by atoms with Gasteiger partial charge in [-0.1, -0.05) is 0 Å². The number of carbonyl (C=O) groups is 2. The van der Waals surface area contributed by atoms with Crippen LogP contribution in [0, 0.1) is 0 Å². The third-order valence-corrected chi connectivity index (χ3v) is 2.60. The molecule has 0 bridgehead atoms. The summed E-state index contributed by atoms with van der Waals surface area (Å²) in [5, 5.41) is 10.7. The van der Waals surface area contributed by atoms with Gasteiger partial charge >= 0.3 is 5.97 Å². The highest BCUT2D eigenvalue weighted by atomic mass is 32.1. The van der Waals surface area contributed by atoms with Gasteiger partial charge in [-0.05, 0) is 6.07 Å². The number of rotatable bonds is 3. The lowest BCUT2D eigenvalue weighted by Crippen LogP contribution is -2.29. The van der Waals surface area contributed by atoms with Crippen molar-refractivity contribution < 1.29 is 14.7 Å². The van der Waals surface area contributed by atoms with Gasteiger partial charge in [-0.15, -0.1) is 11.3 Å². The van der Waals surface area contributed by atoms with Gasteiger partial charge in [-0.25, -0.2) is 9.97 Å². The number of nitrogens with zero attached hydrogens (tertiary/aromatic N) is 2. The molecule has 2 N–H and O–H groups in total. The molecular formula is C9H7N3O3S. The van der Waals surface area contributed by atoms with E-state index >= 15 is 0 Å². The maximum atomic E-state index is 11.5. The number of aromatic nitrogens is 2. The first-order valence-electron chi connectivity index (χ1n) is 4.36. The Kier molecular flexibility index (Phi) is 2.78. The molecule has 0 fully saturated rings. The number of hydrogen-bond donors (Lipinski definition) is 2. The number of thiazole rings is 1. The Hall–Kier alpha value is -2.02. The topological polar surface area (TPSA) is 92.2 Å². The highest BCUT2D eigenvalue weighted by molar-refractivity contribution is 7.16. The second-order valence-electron chi connectivity index (χ2n) is 2.98. The van der Waals surface area contributed by atoms with Gasteiger partial charge in [0.2, 0.25) is 0 Å². The summed E-state index contributed by atoms with van der Waals surface area (Å²) >= 11 is 1.38. The lowest BCUT2D eigenvalue weighted by molar-refractivity contribution is -0.135. The number of pyridine rings is 1. The van der Waals surface area contributed by atoms with E-state index in [1.54, 1.807) is 11.6 Å². The minimum atomic E-state index is -1.09. The highest BCUT2D eigenvalue weighted by Gasteiger charge is 2.09. The number of carboxylic acid groups (broad SMARTS) is 1. The first-order chi connectivity index (χ1) is 7.66. The van der Waals surface area contributed by atoms with Crippen molar-refractivity contribution in [3.05, 3.63) is 23.3 Å². The Morgan fingerprint density at radius 2 is 2.25 bits per heavy atom. The van der Waals surface area contributed by atoms with Crippen molar-refractivity contribution in [1.82, 2.24) is 15.3 Å². The van der Waals surface area contributed by atoms with Gasteiger partial charge in [-0.2, -0.15) is 0 Å². The standard InChI is InChI=1S/C9H7N3O3S/c13-7(14)3-10-8(15)5-1-6-9(11-2-5)16-4-12-6/h1-2,4H,3H2,(H,10,15)(H,13,14). The van der Waals surface area contributed by atoms with Crippen LogP contribution >= 0.6 is 11.3 Å². The SMILES string of the molecule is O=C(O)CNC(=O)c1cnc2scnc2c1. The van der Waals surface area contributed by atoms with Gasteiger partial charge in [0.1, 0.15) is 16.9 Å². The molecule has 0 aliphatic heterocycles. The Labute approximate surface area is 94.0 Å². The van der Waals surface area contributed by atoms with Crippen molar-refractivity contribution in [2.24, 2.45) is 0 Å². The van der Waals surface area contributed by atoms with Crippen molar-refractivity contribution in [2.45, 2.75) is 0 Å². The van der Waals surface area contributed by atoms with Crippen LogP contribution in [0.5, 0.6) is 0 Å². The smallest absolute Gasteiger partial charge is 0.322 e. The number of nitrogens with one attached hydrogen (secondary N) is 1. The summed E-state index contributed by atoms with van der Waals surface area (Å²) in [4.78, 5) is 30.5. The molecule has 0 aromatic carbocycles. The van der Waals surface area contributed by atoms with Crippen molar-refractivity contribution in [3.63, 3.8) is 0 Å². The van der Waals surface area contributed by atoms with Gasteiger partial charge in [0.25, 0.3) is 5.91 Å². The van der Waals surface area contributed by atoms with Gasteiger partial charge in [0.05, 0.1) is 11.1 Å². The Bertz CT molecular complexity index is 552. The van der Waals surface area contributed by atoms with Crippen LogP contribution in [0.25, 0.3) is 10.3 Å². The average molecular weight is 237 g/mol. The fourth-order valence-electron chi connectivity index (χ4n) is 1.14. The van der Waals surface area contributed by atoms with E-state index in [2.05, 4.69) is 15.3 Å². The van der Waals surface area contributed by atoms with Gasteiger partial charge in [0, 0.05) is 6.20 Å². The zero-order valence-electron chi connectivity index (χ0n) is 8.01. The molecule has 6 nitrogen and oxygen atoms in total. The zero-order valence-corrected chi connectivity index (χ0v) is 8.82. The van der Waals surface area contributed by atoms with E-state index in [1.807, 2.05) is 0 Å². The zero-order chi connectivity index (χ0) is 11.5. The molecule has 2 rings (SSSR count). The monoisotopic (exact) mass is 237 g/mol. The molecule has 0 atom stereocenters. The Balaban J connectivity index is 2.19. The molecule has 1 amide bonds. The third kappa shape index (κ3) is 2.14. The molecule has 0 spiro atoms. The van der Waals surface area contributed by atoms with Crippen LogP contribution in [0.3, 0.4) is 0 Å². The molecule has 0 saturated carbocycles. The summed E-state index contributed by atoms with van der Waals surface area (Å²) in [5.41, 5.74) is 2.57. The summed E-state index contributed by atoms with van der Waals surface area (Å²) < 4.78 is 0. The normalized spacial score (nSPS) is 10.2. The molecule has 0 unspecified atom stereocenters. The first-order valence-corrected chi connectivity index (χ1v) is 5.24. The summed E-state index contributed by atoms with van der Waals surface area (Å²) in [6.07, 6.45) is 1.40. The molecule has 2 aromatic rings. The molecule has 16 heavy (non-hydrogen) atoms. The number of hydrogen-bond acceptors (Lipinski definition) is 5. The number of fused-ring (bicyclic) bond motifs is 1. The van der Waals surface area contributed by atoms with E-state index in [9.17, 15) is 9.59 Å². The summed E-state index contributed by atoms with van der Waals surface area (Å²) in [5.74, 6) is -1.55. The van der Waals surface area contributed by atoms with Crippen molar-refractivity contribution in [3.8, 4) is 0 Å². The molecule has 0 aliphatic rings. The minimum Gasteiger partial charge on any atom is -0.480 e. The van der Waals surface area contributed by atoms with Crippen LogP contribution in [0.2, 0.25) is 0 Å². The minimum absolute atomic E-state index is 0.305. The lowest BCUT2D eigenvalue weighted by Gasteiger charge is -2.01. The van der Waals surface area contributed by atoms with Crippen molar-refractivity contribution in [2.75, 3.05) is 6.54 Å². The van der Waals surface area contributed by atoms with Crippen molar-refractivity contribution >= 4 is 33.6 Å². The molecule has 0 radical (unpaired) electrons. The molecule has 82 valence electrons. The molecular weight excluding hydrogens is 230 g/mol. The Morgan fingerprint density at radius 3 is 3.00 bits per heavy atom. The second-order valence-corrected chi connectivity index (χ2v) is 3.81. The number of amides is 1. The van der Waals surface area contributed by atoms with E-state index in [0.717, 1.165) is 4.83 Å². The maximum Gasteiger partial charge on any atom is 0.322 e. The largest absolute Gasteiger partial charge is 0.480 e.